The number of aliphatic imine (C=N–C) groups is 1. The largest absolute Gasteiger partial charge is 0.378 e. The highest BCUT2D eigenvalue weighted by Gasteiger charge is 2.17. The van der Waals surface area contributed by atoms with E-state index in [1.807, 2.05) is 7.05 Å². The first-order valence-electron chi connectivity index (χ1n) is 10.6. The lowest BCUT2D eigenvalue weighted by Crippen LogP contribution is -2.40. The summed E-state index contributed by atoms with van der Waals surface area (Å²) in [5.41, 5.74) is 0. The molecule has 154 valence electrons. The molecule has 0 aromatic rings. The molecule has 1 saturated heterocycles. The fraction of sp³-hybridized carbons (Fsp3) is 0.950. The third-order valence-corrected chi connectivity index (χ3v) is 5.74. The molecule has 0 spiro atoms. The van der Waals surface area contributed by atoms with Crippen LogP contribution in [0, 0.1) is 5.92 Å². The number of rotatable bonds is 9. The lowest BCUT2D eigenvalue weighted by molar-refractivity contribution is 0.0277. The monoisotopic (exact) mass is 480 g/mol. The molecule has 1 heterocycles. The van der Waals surface area contributed by atoms with Crippen LogP contribution in [0.1, 0.15) is 64.7 Å². The number of hydrogen-bond donors (Lipinski definition) is 2. The highest BCUT2D eigenvalue weighted by atomic mass is 127. The second-order valence-corrected chi connectivity index (χ2v) is 7.58. The van der Waals surface area contributed by atoms with E-state index >= 15 is 0 Å². The minimum Gasteiger partial charge on any atom is -0.378 e. The van der Waals surface area contributed by atoms with Crippen molar-refractivity contribution in [2.45, 2.75) is 70.8 Å². The van der Waals surface area contributed by atoms with Gasteiger partial charge < -0.3 is 20.3 Å². The van der Waals surface area contributed by atoms with E-state index in [2.05, 4.69) is 27.4 Å². The smallest absolute Gasteiger partial charge is 0.190 e. The number of piperidine rings is 1. The molecule has 2 N–H and O–H groups in total. The summed E-state index contributed by atoms with van der Waals surface area (Å²) in [6, 6.07) is 0. The minimum atomic E-state index is 0. The van der Waals surface area contributed by atoms with Crippen molar-refractivity contribution < 1.29 is 4.74 Å². The van der Waals surface area contributed by atoms with E-state index < -0.39 is 0 Å². The van der Waals surface area contributed by atoms with Gasteiger partial charge in [0.15, 0.2) is 5.96 Å². The van der Waals surface area contributed by atoms with Crippen molar-refractivity contribution in [3.05, 3.63) is 0 Å². The Morgan fingerprint density at radius 1 is 1.04 bits per heavy atom. The Bertz CT molecular complexity index is 367. The molecule has 0 aromatic carbocycles. The Balaban J connectivity index is 0.00000338. The molecular formula is C20H41IN4O. The maximum absolute atomic E-state index is 5.97. The molecule has 0 amide bonds. The average molecular weight is 480 g/mol. The Morgan fingerprint density at radius 2 is 1.73 bits per heavy atom. The highest BCUT2D eigenvalue weighted by molar-refractivity contribution is 14.0. The van der Waals surface area contributed by atoms with Crippen LogP contribution in [0.2, 0.25) is 0 Å². The van der Waals surface area contributed by atoms with Gasteiger partial charge in [0, 0.05) is 26.7 Å². The van der Waals surface area contributed by atoms with Crippen molar-refractivity contribution in [2.24, 2.45) is 10.9 Å². The average Bonchev–Trinajstić information content (AvgIpc) is 2.67. The maximum Gasteiger partial charge on any atom is 0.190 e. The van der Waals surface area contributed by atoms with Crippen molar-refractivity contribution in [1.82, 2.24) is 15.5 Å². The number of nitrogens with one attached hydrogen (secondary N) is 2. The zero-order valence-electron chi connectivity index (χ0n) is 17.0. The predicted octanol–water partition coefficient (Wildman–Crippen LogP) is 3.63. The topological polar surface area (TPSA) is 48.9 Å². The van der Waals surface area contributed by atoms with Gasteiger partial charge in [-0.15, -0.1) is 24.0 Å². The van der Waals surface area contributed by atoms with Crippen molar-refractivity contribution in [3.8, 4) is 0 Å². The first-order chi connectivity index (χ1) is 12.3. The third-order valence-electron chi connectivity index (χ3n) is 5.74. The normalized spacial score (nSPS) is 20.6. The van der Waals surface area contributed by atoms with Gasteiger partial charge in [0.05, 0.1) is 6.10 Å². The fourth-order valence-electron chi connectivity index (χ4n) is 3.97. The predicted molar refractivity (Wildman–Crippen MR) is 122 cm³/mol. The zero-order chi connectivity index (χ0) is 17.7. The summed E-state index contributed by atoms with van der Waals surface area (Å²) in [6.45, 7) is 8.83. The molecule has 0 unspecified atom stereocenters. The van der Waals surface area contributed by atoms with Crippen molar-refractivity contribution in [1.29, 1.82) is 0 Å². The van der Waals surface area contributed by atoms with Crippen LogP contribution >= 0.6 is 24.0 Å². The summed E-state index contributed by atoms with van der Waals surface area (Å²) < 4.78 is 5.97. The zero-order valence-corrected chi connectivity index (χ0v) is 19.3. The van der Waals surface area contributed by atoms with Gasteiger partial charge >= 0.3 is 0 Å². The van der Waals surface area contributed by atoms with Crippen LogP contribution in [-0.4, -0.2) is 63.3 Å². The second kappa shape index (κ2) is 14.9. The molecule has 0 atom stereocenters. The molecule has 0 aromatic heterocycles. The molecule has 2 aliphatic rings. The molecule has 2 fully saturated rings. The number of ether oxygens (including phenoxy) is 1. The summed E-state index contributed by atoms with van der Waals surface area (Å²) in [4.78, 5) is 6.88. The van der Waals surface area contributed by atoms with Crippen LogP contribution in [0.25, 0.3) is 0 Å². The van der Waals surface area contributed by atoms with Crippen molar-refractivity contribution in [2.75, 3.05) is 46.4 Å². The van der Waals surface area contributed by atoms with Gasteiger partial charge in [0.2, 0.25) is 0 Å². The lowest BCUT2D eigenvalue weighted by Gasteiger charge is -2.31. The Morgan fingerprint density at radius 3 is 2.38 bits per heavy atom. The number of hydrogen-bond acceptors (Lipinski definition) is 3. The van der Waals surface area contributed by atoms with E-state index in [9.17, 15) is 0 Å². The van der Waals surface area contributed by atoms with Gasteiger partial charge in [0.1, 0.15) is 0 Å². The Kier molecular flexibility index (Phi) is 13.7. The summed E-state index contributed by atoms with van der Waals surface area (Å²) in [5.74, 6) is 1.81. The summed E-state index contributed by atoms with van der Waals surface area (Å²) in [5, 5.41) is 6.88. The number of halogens is 1. The summed E-state index contributed by atoms with van der Waals surface area (Å²) in [7, 11) is 1.85. The summed E-state index contributed by atoms with van der Waals surface area (Å²) in [6.07, 6.45) is 12.1. The number of likely N-dealkylation sites (tertiary alicyclic amines) is 1. The van der Waals surface area contributed by atoms with Gasteiger partial charge in [-0.3, -0.25) is 4.99 Å². The quantitative estimate of drug-likeness (QED) is 0.229. The Labute approximate surface area is 178 Å². The van der Waals surface area contributed by atoms with Gasteiger partial charge in [-0.25, -0.2) is 0 Å². The molecule has 5 nitrogen and oxygen atoms in total. The van der Waals surface area contributed by atoms with Crippen molar-refractivity contribution in [3.63, 3.8) is 0 Å². The first kappa shape index (κ1) is 24.0. The van der Waals surface area contributed by atoms with Gasteiger partial charge in [-0.1, -0.05) is 26.2 Å². The maximum atomic E-state index is 5.97. The molecule has 1 saturated carbocycles. The van der Waals surface area contributed by atoms with E-state index in [4.69, 9.17) is 4.74 Å². The minimum absolute atomic E-state index is 0. The second-order valence-electron chi connectivity index (χ2n) is 7.58. The van der Waals surface area contributed by atoms with E-state index in [0.717, 1.165) is 38.0 Å². The summed E-state index contributed by atoms with van der Waals surface area (Å²) >= 11 is 0. The first-order valence-corrected chi connectivity index (χ1v) is 10.6. The van der Waals surface area contributed by atoms with Crippen LogP contribution in [0.4, 0.5) is 0 Å². The standard InChI is InChI=1S/C20H40N4O.HI/c1-3-24-15-11-18(12-16-24)10-14-23-20(21-2)22-13-7-17-25-19-8-5-4-6-9-19;/h18-19H,3-17H2,1-2H3,(H2,21,22,23);1H. The SMILES string of the molecule is CCN1CCC(CCNC(=NC)NCCCOC2CCCCC2)CC1.I. The molecule has 1 aliphatic carbocycles. The van der Waals surface area contributed by atoms with Crippen LogP contribution in [-0.2, 0) is 4.74 Å². The highest BCUT2D eigenvalue weighted by Crippen LogP contribution is 2.20. The molecule has 6 heteroatoms. The molecule has 1 aliphatic heterocycles. The van der Waals surface area contributed by atoms with Gasteiger partial charge in [0.25, 0.3) is 0 Å². The molecule has 26 heavy (non-hydrogen) atoms. The van der Waals surface area contributed by atoms with Crippen LogP contribution in [0.5, 0.6) is 0 Å². The number of guanidine groups is 1. The van der Waals surface area contributed by atoms with Crippen molar-refractivity contribution >= 4 is 29.9 Å². The van der Waals surface area contributed by atoms with Crippen LogP contribution in [0.3, 0.4) is 0 Å². The van der Waals surface area contributed by atoms with E-state index in [-0.39, 0.29) is 24.0 Å². The van der Waals surface area contributed by atoms with Crippen LogP contribution in [0.15, 0.2) is 4.99 Å². The van der Waals surface area contributed by atoms with Crippen LogP contribution < -0.4 is 10.6 Å². The molecule has 2 rings (SSSR count). The third kappa shape index (κ3) is 9.74. The van der Waals surface area contributed by atoms with E-state index in [1.165, 1.54) is 71.0 Å². The molecule has 0 radical (unpaired) electrons. The van der Waals surface area contributed by atoms with E-state index in [1.54, 1.807) is 0 Å². The fourth-order valence-corrected chi connectivity index (χ4v) is 3.97. The van der Waals surface area contributed by atoms with E-state index in [0.29, 0.717) is 6.10 Å². The number of nitrogens with zero attached hydrogens (tertiary/aromatic N) is 2. The lowest BCUT2D eigenvalue weighted by atomic mass is 9.93. The molecular weight excluding hydrogens is 439 g/mol. The Hall–Kier alpha value is -0.0800. The van der Waals surface area contributed by atoms with Gasteiger partial charge in [-0.2, -0.15) is 0 Å². The van der Waals surface area contributed by atoms with Gasteiger partial charge in [-0.05, 0) is 64.1 Å². The molecule has 0 bridgehead atoms.